The number of hydrogen-bond donors (Lipinski definition) is 0. The molecule has 1 fully saturated rings. The molecule has 0 amide bonds. The van der Waals surface area contributed by atoms with Gasteiger partial charge in [-0.25, -0.2) is 8.78 Å². The van der Waals surface area contributed by atoms with Crippen LogP contribution in [0.25, 0.3) is 0 Å². The van der Waals surface area contributed by atoms with Crippen molar-refractivity contribution >= 4 is 0 Å². The van der Waals surface area contributed by atoms with Gasteiger partial charge in [0.15, 0.2) is 11.6 Å². The monoisotopic (exact) mass is 238 g/mol. The first-order chi connectivity index (χ1) is 7.91. The maximum Gasteiger partial charge on any atom is 0.162 e. The summed E-state index contributed by atoms with van der Waals surface area (Å²) in [7, 11) is 0. The third kappa shape index (κ3) is 2.51. The van der Waals surface area contributed by atoms with Crippen LogP contribution in [0, 0.1) is 24.0 Å². The van der Waals surface area contributed by atoms with Crippen molar-refractivity contribution in [3.63, 3.8) is 0 Å². The zero-order valence-corrected chi connectivity index (χ0v) is 10.8. The van der Waals surface area contributed by atoms with Gasteiger partial charge in [0, 0.05) is 0 Å². The van der Waals surface area contributed by atoms with Crippen molar-refractivity contribution in [2.24, 2.45) is 5.41 Å². The summed E-state index contributed by atoms with van der Waals surface area (Å²) in [6.45, 7) is 6.21. The highest BCUT2D eigenvalue weighted by Gasteiger charge is 2.30. The van der Waals surface area contributed by atoms with Crippen LogP contribution in [0.4, 0.5) is 8.78 Å². The van der Waals surface area contributed by atoms with Crippen LogP contribution in [-0.2, 0) is 0 Å². The second-order valence-electron chi connectivity index (χ2n) is 6.03. The zero-order chi connectivity index (χ0) is 12.6. The average molecular weight is 238 g/mol. The summed E-state index contributed by atoms with van der Waals surface area (Å²) >= 11 is 0. The number of benzene rings is 1. The Morgan fingerprint density at radius 2 is 1.94 bits per heavy atom. The number of rotatable bonds is 1. The van der Waals surface area contributed by atoms with E-state index in [2.05, 4.69) is 13.8 Å². The van der Waals surface area contributed by atoms with Crippen molar-refractivity contribution in [1.82, 2.24) is 0 Å². The third-order valence-electron chi connectivity index (χ3n) is 4.03. The Morgan fingerprint density at radius 3 is 2.59 bits per heavy atom. The highest BCUT2D eigenvalue weighted by Crippen LogP contribution is 2.44. The maximum atomic E-state index is 13.6. The molecule has 17 heavy (non-hydrogen) atoms. The lowest BCUT2D eigenvalue weighted by molar-refractivity contribution is 0.219. The Bertz CT molecular complexity index is 421. The van der Waals surface area contributed by atoms with E-state index in [0.29, 0.717) is 16.9 Å². The van der Waals surface area contributed by atoms with Gasteiger partial charge in [-0.2, -0.15) is 0 Å². The summed E-state index contributed by atoms with van der Waals surface area (Å²) in [6, 6.07) is 3.03. The fourth-order valence-corrected chi connectivity index (χ4v) is 3.07. The van der Waals surface area contributed by atoms with Crippen LogP contribution in [-0.4, -0.2) is 0 Å². The van der Waals surface area contributed by atoms with E-state index in [1.165, 1.54) is 18.9 Å². The lowest BCUT2D eigenvalue weighted by Crippen LogP contribution is -2.22. The standard InChI is InChI=1S/C15H20F2/c1-10-12(6-7-13(16)14(10)17)11-5-4-8-15(2,3)9-11/h6-7,11H,4-5,8-9H2,1-3H3/t11-/m1/s1. The van der Waals surface area contributed by atoms with Gasteiger partial charge in [-0.3, -0.25) is 0 Å². The Labute approximate surface area is 102 Å². The fraction of sp³-hybridized carbons (Fsp3) is 0.600. The molecule has 0 heterocycles. The van der Waals surface area contributed by atoms with E-state index in [1.807, 2.05) is 0 Å². The minimum atomic E-state index is -0.735. The van der Waals surface area contributed by atoms with Gasteiger partial charge in [0.2, 0.25) is 0 Å². The lowest BCUT2D eigenvalue weighted by Gasteiger charge is -2.36. The van der Waals surface area contributed by atoms with Gasteiger partial charge in [-0.15, -0.1) is 0 Å². The summed E-state index contributed by atoms with van der Waals surface area (Å²) in [5, 5.41) is 0. The minimum Gasteiger partial charge on any atom is -0.204 e. The molecule has 0 aliphatic heterocycles. The van der Waals surface area contributed by atoms with E-state index in [9.17, 15) is 8.78 Å². The van der Waals surface area contributed by atoms with E-state index in [0.717, 1.165) is 18.4 Å². The van der Waals surface area contributed by atoms with Gasteiger partial charge in [-0.05, 0) is 54.7 Å². The molecule has 1 atom stereocenters. The third-order valence-corrected chi connectivity index (χ3v) is 4.03. The van der Waals surface area contributed by atoms with Crippen LogP contribution in [0.1, 0.15) is 56.6 Å². The van der Waals surface area contributed by atoms with Crippen molar-refractivity contribution in [3.05, 3.63) is 34.9 Å². The predicted octanol–water partition coefficient (Wildman–Crippen LogP) is 4.96. The molecule has 94 valence electrons. The van der Waals surface area contributed by atoms with E-state index >= 15 is 0 Å². The van der Waals surface area contributed by atoms with Crippen molar-refractivity contribution in [2.45, 2.75) is 52.4 Å². The van der Waals surface area contributed by atoms with Crippen LogP contribution in [0.3, 0.4) is 0 Å². The van der Waals surface area contributed by atoms with Crippen LogP contribution in [0.5, 0.6) is 0 Å². The van der Waals surface area contributed by atoms with Crippen LogP contribution >= 0.6 is 0 Å². The highest BCUT2D eigenvalue weighted by molar-refractivity contribution is 5.32. The van der Waals surface area contributed by atoms with Gasteiger partial charge >= 0.3 is 0 Å². The number of halogens is 2. The molecule has 1 aromatic carbocycles. The van der Waals surface area contributed by atoms with Crippen LogP contribution in [0.15, 0.2) is 12.1 Å². The van der Waals surface area contributed by atoms with E-state index < -0.39 is 11.6 Å². The second-order valence-corrected chi connectivity index (χ2v) is 6.03. The van der Waals surface area contributed by atoms with Gasteiger partial charge in [0.1, 0.15) is 0 Å². The topological polar surface area (TPSA) is 0 Å². The maximum absolute atomic E-state index is 13.6. The molecule has 2 rings (SSSR count). The molecule has 1 aliphatic rings. The smallest absolute Gasteiger partial charge is 0.162 e. The highest BCUT2D eigenvalue weighted by atomic mass is 19.2. The Morgan fingerprint density at radius 1 is 1.24 bits per heavy atom. The SMILES string of the molecule is Cc1c([C@@H]2CCCC(C)(C)C2)ccc(F)c1F. The quantitative estimate of drug-likeness (QED) is 0.649. The molecule has 0 nitrogen and oxygen atoms in total. The van der Waals surface area contributed by atoms with Crippen LogP contribution in [0.2, 0.25) is 0 Å². The van der Waals surface area contributed by atoms with Crippen molar-refractivity contribution < 1.29 is 8.78 Å². The van der Waals surface area contributed by atoms with E-state index in [1.54, 1.807) is 13.0 Å². The molecule has 2 heteroatoms. The van der Waals surface area contributed by atoms with Crippen molar-refractivity contribution in [1.29, 1.82) is 0 Å². The normalized spacial score (nSPS) is 23.7. The minimum absolute atomic E-state index is 0.320. The molecule has 0 spiro atoms. The summed E-state index contributed by atoms with van der Waals surface area (Å²) in [5.74, 6) is -1.03. The summed E-state index contributed by atoms with van der Waals surface area (Å²) < 4.78 is 26.7. The molecule has 1 aliphatic carbocycles. The molecule has 0 N–H and O–H groups in total. The summed E-state index contributed by atoms with van der Waals surface area (Å²) in [5.41, 5.74) is 1.81. The first-order valence-corrected chi connectivity index (χ1v) is 6.35. The Balaban J connectivity index is 2.31. The van der Waals surface area contributed by atoms with Gasteiger partial charge < -0.3 is 0 Å². The molecular formula is C15H20F2. The fourth-order valence-electron chi connectivity index (χ4n) is 3.07. The number of hydrogen-bond acceptors (Lipinski definition) is 0. The van der Waals surface area contributed by atoms with E-state index in [4.69, 9.17) is 0 Å². The molecule has 0 aromatic heterocycles. The Hall–Kier alpha value is -0.920. The van der Waals surface area contributed by atoms with Crippen LogP contribution < -0.4 is 0 Å². The molecule has 1 aromatic rings. The lowest BCUT2D eigenvalue weighted by atomic mass is 9.69. The molecule has 1 saturated carbocycles. The van der Waals surface area contributed by atoms with Gasteiger partial charge in [0.05, 0.1) is 0 Å². The van der Waals surface area contributed by atoms with Gasteiger partial charge in [-0.1, -0.05) is 26.3 Å². The largest absolute Gasteiger partial charge is 0.204 e. The molecular weight excluding hydrogens is 218 g/mol. The zero-order valence-electron chi connectivity index (χ0n) is 10.8. The van der Waals surface area contributed by atoms with Gasteiger partial charge in [0.25, 0.3) is 0 Å². The molecule has 0 radical (unpaired) electrons. The molecule has 0 unspecified atom stereocenters. The first-order valence-electron chi connectivity index (χ1n) is 6.35. The molecule has 0 saturated heterocycles. The Kier molecular flexibility index (Phi) is 3.24. The van der Waals surface area contributed by atoms with Crippen molar-refractivity contribution in [2.75, 3.05) is 0 Å². The van der Waals surface area contributed by atoms with Crippen molar-refractivity contribution in [3.8, 4) is 0 Å². The molecule has 0 bridgehead atoms. The predicted molar refractivity (Wildman–Crippen MR) is 66.1 cm³/mol. The summed E-state index contributed by atoms with van der Waals surface area (Å²) in [4.78, 5) is 0. The average Bonchev–Trinajstić information content (AvgIpc) is 2.25. The first kappa shape index (κ1) is 12.5. The summed E-state index contributed by atoms with van der Waals surface area (Å²) in [6.07, 6.45) is 4.57. The van der Waals surface area contributed by atoms with E-state index in [-0.39, 0.29) is 0 Å². The second kappa shape index (κ2) is 4.40.